The second-order valence-corrected chi connectivity index (χ2v) is 11.6. The number of aliphatic carboxylic acids is 1. The van der Waals surface area contributed by atoms with Crippen molar-refractivity contribution < 1.29 is 49.8 Å². The number of benzene rings is 3. The van der Waals surface area contributed by atoms with Crippen LogP contribution in [0.15, 0.2) is 65.6 Å². The van der Waals surface area contributed by atoms with E-state index in [9.17, 15) is 45.1 Å². The lowest BCUT2D eigenvalue weighted by molar-refractivity contribution is -0.146. The zero-order chi connectivity index (χ0) is 29.7. The lowest BCUT2D eigenvalue weighted by atomic mass is 9.90. The molecule has 2 aliphatic rings. The Kier molecular flexibility index (Phi) is 6.92. The summed E-state index contributed by atoms with van der Waals surface area (Å²) in [7, 11) is -4.74. The molecule has 0 aliphatic carbocycles. The van der Waals surface area contributed by atoms with E-state index in [1.54, 1.807) is 0 Å². The van der Waals surface area contributed by atoms with Gasteiger partial charge in [-0.15, -0.1) is 0 Å². The third-order valence-corrected chi connectivity index (χ3v) is 8.80. The number of amides is 1. The van der Waals surface area contributed by atoms with Crippen LogP contribution in [0.4, 0.5) is 27.6 Å². The van der Waals surface area contributed by atoms with Crippen LogP contribution in [0.3, 0.4) is 0 Å². The summed E-state index contributed by atoms with van der Waals surface area (Å²) >= 11 is 0. The third kappa shape index (κ3) is 5.31. The number of alkyl halides is 3. The average molecular weight is 597 g/mol. The van der Waals surface area contributed by atoms with Gasteiger partial charge in [-0.2, -0.15) is 13.2 Å². The molecule has 5 rings (SSSR count). The van der Waals surface area contributed by atoms with E-state index in [-0.39, 0.29) is 41.8 Å². The second kappa shape index (κ2) is 10.0. The largest absolute Gasteiger partial charge is 0.486 e. The molecule has 1 amide bonds. The summed E-state index contributed by atoms with van der Waals surface area (Å²) in [5, 5.41) is 12.3. The van der Waals surface area contributed by atoms with Crippen molar-refractivity contribution in [2.45, 2.75) is 42.0 Å². The molecule has 216 valence electrons. The Hall–Kier alpha value is -4.20. The minimum Gasteiger partial charge on any atom is -0.486 e. The number of anilines is 1. The van der Waals surface area contributed by atoms with Crippen LogP contribution in [0, 0.1) is 11.6 Å². The molecule has 2 N–H and O–H groups in total. The van der Waals surface area contributed by atoms with Crippen LogP contribution in [0.2, 0.25) is 0 Å². The predicted octanol–water partition coefficient (Wildman–Crippen LogP) is 4.73. The molecular formula is C27H21F5N2O6S. The maximum Gasteiger partial charge on any atom is 0.416 e. The van der Waals surface area contributed by atoms with E-state index in [0.29, 0.717) is 12.1 Å². The minimum atomic E-state index is -4.84. The summed E-state index contributed by atoms with van der Waals surface area (Å²) in [6.45, 7) is -0.550. The number of carboxylic acids is 1. The molecule has 1 saturated heterocycles. The van der Waals surface area contributed by atoms with Crippen LogP contribution in [-0.2, 0) is 25.8 Å². The van der Waals surface area contributed by atoms with Gasteiger partial charge in [0.1, 0.15) is 29.0 Å². The Morgan fingerprint density at radius 2 is 1.85 bits per heavy atom. The number of carboxylic acid groups (broad SMARTS) is 1. The Balaban J connectivity index is 1.62. The summed E-state index contributed by atoms with van der Waals surface area (Å²) in [6, 6.07) is 9.55. The van der Waals surface area contributed by atoms with E-state index in [2.05, 4.69) is 5.32 Å². The molecule has 41 heavy (non-hydrogen) atoms. The van der Waals surface area contributed by atoms with Gasteiger partial charge in [-0.05, 0) is 60.5 Å². The van der Waals surface area contributed by atoms with E-state index in [0.717, 1.165) is 34.6 Å². The molecule has 3 aromatic carbocycles. The first-order chi connectivity index (χ1) is 19.2. The van der Waals surface area contributed by atoms with Crippen LogP contribution in [0.5, 0.6) is 5.75 Å². The number of hydrogen-bond acceptors (Lipinski definition) is 5. The molecule has 0 saturated carbocycles. The maximum absolute atomic E-state index is 14.6. The minimum absolute atomic E-state index is 0.0529. The van der Waals surface area contributed by atoms with Gasteiger partial charge in [0.2, 0.25) is 5.91 Å². The van der Waals surface area contributed by atoms with Gasteiger partial charge in [-0.3, -0.25) is 9.10 Å². The van der Waals surface area contributed by atoms with Gasteiger partial charge in [0, 0.05) is 18.4 Å². The first-order valence-corrected chi connectivity index (χ1v) is 13.6. The van der Waals surface area contributed by atoms with E-state index >= 15 is 0 Å². The number of rotatable bonds is 6. The van der Waals surface area contributed by atoms with Gasteiger partial charge in [0.05, 0.1) is 22.7 Å². The van der Waals surface area contributed by atoms with Crippen molar-refractivity contribution in [3.8, 4) is 16.9 Å². The van der Waals surface area contributed by atoms with Gasteiger partial charge in [-0.25, -0.2) is 22.0 Å². The van der Waals surface area contributed by atoms with E-state index < -0.39 is 68.4 Å². The Morgan fingerprint density at radius 1 is 1.10 bits per heavy atom. The maximum atomic E-state index is 14.6. The number of sulfonamides is 1. The number of hydrogen-bond donors (Lipinski definition) is 2. The quantitative estimate of drug-likeness (QED) is 0.398. The number of ether oxygens (including phenoxy) is 1. The fourth-order valence-corrected chi connectivity index (χ4v) is 6.55. The second-order valence-electron chi connectivity index (χ2n) is 9.75. The summed E-state index contributed by atoms with van der Waals surface area (Å²) in [5.74, 6) is -3.54. The highest BCUT2D eigenvalue weighted by Gasteiger charge is 2.48. The first kappa shape index (κ1) is 28.3. The Labute approximate surface area is 230 Å². The zero-order valence-corrected chi connectivity index (χ0v) is 21.7. The zero-order valence-electron chi connectivity index (χ0n) is 20.9. The first-order valence-electron chi connectivity index (χ1n) is 12.2. The molecule has 3 aromatic rings. The van der Waals surface area contributed by atoms with Crippen molar-refractivity contribution in [1.29, 1.82) is 0 Å². The predicted molar refractivity (Wildman–Crippen MR) is 135 cm³/mol. The highest BCUT2D eigenvalue weighted by molar-refractivity contribution is 7.92. The van der Waals surface area contributed by atoms with Gasteiger partial charge in [0.15, 0.2) is 0 Å². The van der Waals surface area contributed by atoms with Crippen molar-refractivity contribution in [3.63, 3.8) is 0 Å². The standard InChI is InChI=1S/C27H21F5N2O6S/c28-17-5-6-21(29)20(12-17)15-4-7-23-22(10-15)34(41(38,39)19-3-1-2-16(11-19)27(30,31)32)14-18(40-23)13-26(25(36)37)9-8-24(35)33-26/h1-7,10-12,18H,8-9,13-14H2,(H,33,35)(H,36,37)/t18-,26+/m0/s1. The number of nitrogens with zero attached hydrogens (tertiary/aromatic N) is 1. The highest BCUT2D eigenvalue weighted by atomic mass is 32.2. The molecule has 1 fully saturated rings. The highest BCUT2D eigenvalue weighted by Crippen LogP contribution is 2.42. The number of nitrogens with one attached hydrogen (secondary N) is 1. The molecule has 8 nitrogen and oxygen atoms in total. The summed E-state index contributed by atoms with van der Waals surface area (Å²) in [5.41, 5.74) is -3.30. The molecule has 2 aliphatic heterocycles. The lowest BCUT2D eigenvalue weighted by Crippen LogP contribution is -2.54. The number of carbonyl (C=O) groups is 2. The van der Waals surface area contributed by atoms with Crippen LogP contribution in [0.25, 0.3) is 11.1 Å². The molecule has 0 unspecified atom stereocenters. The lowest BCUT2D eigenvalue weighted by Gasteiger charge is -2.38. The number of halogens is 5. The Bertz CT molecular complexity index is 1660. The fraction of sp³-hybridized carbons (Fsp3) is 0.259. The molecule has 0 spiro atoms. The van der Waals surface area contributed by atoms with E-state index in [4.69, 9.17) is 4.74 Å². The van der Waals surface area contributed by atoms with Gasteiger partial charge in [-0.1, -0.05) is 12.1 Å². The van der Waals surface area contributed by atoms with Gasteiger partial charge < -0.3 is 15.2 Å². The number of carbonyl (C=O) groups excluding carboxylic acids is 1. The van der Waals surface area contributed by atoms with Crippen LogP contribution in [-0.4, -0.2) is 43.6 Å². The van der Waals surface area contributed by atoms with E-state index in [1.165, 1.54) is 18.2 Å². The van der Waals surface area contributed by atoms with Crippen molar-refractivity contribution in [3.05, 3.63) is 77.9 Å². The number of fused-ring (bicyclic) bond motifs is 1. The van der Waals surface area contributed by atoms with Crippen molar-refractivity contribution in [1.82, 2.24) is 5.32 Å². The van der Waals surface area contributed by atoms with Gasteiger partial charge in [0.25, 0.3) is 10.0 Å². The average Bonchev–Trinajstić information content (AvgIpc) is 3.30. The molecule has 2 heterocycles. The molecular weight excluding hydrogens is 575 g/mol. The summed E-state index contributed by atoms with van der Waals surface area (Å²) in [6.07, 6.45) is -6.53. The van der Waals surface area contributed by atoms with Crippen LogP contribution in [0.1, 0.15) is 24.8 Å². The molecule has 0 aromatic heterocycles. The molecule has 2 atom stereocenters. The topological polar surface area (TPSA) is 113 Å². The van der Waals surface area contributed by atoms with Crippen molar-refractivity contribution in [2.24, 2.45) is 0 Å². The van der Waals surface area contributed by atoms with Crippen LogP contribution >= 0.6 is 0 Å². The molecule has 0 radical (unpaired) electrons. The monoisotopic (exact) mass is 596 g/mol. The van der Waals surface area contributed by atoms with Crippen molar-refractivity contribution in [2.75, 3.05) is 10.8 Å². The summed E-state index contributed by atoms with van der Waals surface area (Å²) in [4.78, 5) is 23.3. The van der Waals surface area contributed by atoms with Crippen molar-refractivity contribution >= 4 is 27.6 Å². The molecule has 14 heteroatoms. The smallest absolute Gasteiger partial charge is 0.416 e. The van der Waals surface area contributed by atoms with E-state index in [1.807, 2.05) is 0 Å². The third-order valence-electron chi connectivity index (χ3n) is 7.02. The normalized spacial score (nSPS) is 20.8. The summed E-state index contributed by atoms with van der Waals surface area (Å²) < 4.78 is 103. The fourth-order valence-electron chi connectivity index (χ4n) is 5.00. The van der Waals surface area contributed by atoms with Gasteiger partial charge >= 0.3 is 12.1 Å². The SMILES string of the molecule is O=C1CC[C@@](C[C@H]2CN(S(=O)(=O)c3cccc(C(F)(F)F)c3)c3cc(-c4cc(F)ccc4F)ccc3O2)(C(=O)O)N1. The Morgan fingerprint density at radius 3 is 2.51 bits per heavy atom. The molecule has 0 bridgehead atoms. The van der Waals surface area contributed by atoms with Crippen LogP contribution < -0.4 is 14.4 Å².